The van der Waals surface area contributed by atoms with Gasteiger partial charge in [-0.2, -0.15) is 0 Å². The predicted molar refractivity (Wildman–Crippen MR) is 109 cm³/mol. The number of guanidine groups is 1. The first-order valence-electron chi connectivity index (χ1n) is 8.92. The number of hydrogen-bond donors (Lipinski definition) is 2. The molecule has 3 nitrogen and oxygen atoms in total. The van der Waals surface area contributed by atoms with E-state index < -0.39 is 12.1 Å². The maximum atomic E-state index is 14.4. The third-order valence-electron chi connectivity index (χ3n) is 4.73. The van der Waals surface area contributed by atoms with Crippen LogP contribution in [0, 0.1) is 17.5 Å². The first kappa shape index (κ1) is 20.7. The molecule has 3 aromatic carbocycles. The lowest BCUT2D eigenvalue weighted by molar-refractivity contribution is 0.490. The molecule has 0 unspecified atom stereocenters. The van der Waals surface area contributed by atoms with E-state index in [9.17, 15) is 13.2 Å². The van der Waals surface area contributed by atoms with E-state index in [0.29, 0.717) is 23.6 Å². The monoisotopic (exact) mass is 417 g/mol. The Bertz CT molecular complexity index is 953. The van der Waals surface area contributed by atoms with E-state index in [2.05, 4.69) is 15.6 Å². The molecule has 1 aliphatic rings. The number of hydrogen-bond acceptors (Lipinski definition) is 1. The fourth-order valence-electron chi connectivity index (χ4n) is 3.32. The van der Waals surface area contributed by atoms with Gasteiger partial charge < -0.3 is 10.6 Å². The van der Waals surface area contributed by atoms with E-state index >= 15 is 0 Å². The minimum absolute atomic E-state index is 0. The van der Waals surface area contributed by atoms with Crippen LogP contribution >= 0.6 is 12.4 Å². The molecule has 0 radical (unpaired) electrons. The summed E-state index contributed by atoms with van der Waals surface area (Å²) < 4.78 is 41.9. The zero-order valence-corrected chi connectivity index (χ0v) is 16.1. The highest BCUT2D eigenvalue weighted by Gasteiger charge is 2.35. The molecule has 29 heavy (non-hydrogen) atoms. The van der Waals surface area contributed by atoms with E-state index in [4.69, 9.17) is 0 Å². The highest BCUT2D eigenvalue weighted by Crippen LogP contribution is 2.34. The maximum Gasteiger partial charge on any atom is 0.192 e. The Labute approximate surface area is 173 Å². The summed E-state index contributed by atoms with van der Waals surface area (Å²) in [7, 11) is 0. The molecule has 3 aromatic rings. The van der Waals surface area contributed by atoms with Gasteiger partial charge in [0.2, 0.25) is 0 Å². The van der Waals surface area contributed by atoms with Crippen LogP contribution in [-0.2, 0) is 6.54 Å². The molecule has 0 spiro atoms. The molecule has 4 rings (SSSR count). The molecule has 2 N–H and O–H groups in total. The molecule has 0 saturated carbocycles. The van der Waals surface area contributed by atoms with Crippen molar-refractivity contribution in [2.24, 2.45) is 4.99 Å². The first-order chi connectivity index (χ1) is 13.6. The summed E-state index contributed by atoms with van der Waals surface area (Å²) in [4.78, 5) is 4.46. The number of nitrogens with zero attached hydrogens (tertiary/aromatic N) is 1. The quantitative estimate of drug-likeness (QED) is 0.622. The Balaban J connectivity index is 0.00000240. The lowest BCUT2D eigenvalue weighted by Crippen LogP contribution is -2.25. The summed E-state index contributed by atoms with van der Waals surface area (Å²) >= 11 is 0. The summed E-state index contributed by atoms with van der Waals surface area (Å²) in [6, 6.07) is 17.8. The fraction of sp³-hybridized carbons (Fsp3) is 0.136. The molecule has 1 saturated heterocycles. The molecule has 1 heterocycles. The molecule has 1 aliphatic heterocycles. The van der Waals surface area contributed by atoms with E-state index in [0.717, 1.165) is 5.56 Å². The normalized spacial score (nSPS) is 19.3. The zero-order chi connectivity index (χ0) is 19.5. The lowest BCUT2D eigenvalue weighted by atomic mass is 9.94. The molecule has 0 aromatic heterocycles. The average Bonchev–Trinajstić information content (AvgIpc) is 3.12. The van der Waals surface area contributed by atoms with Crippen molar-refractivity contribution in [1.29, 1.82) is 0 Å². The predicted octanol–water partition coefficient (Wildman–Crippen LogP) is 5.06. The van der Waals surface area contributed by atoms with Crippen LogP contribution in [0.5, 0.6) is 0 Å². The first-order valence-corrected chi connectivity index (χ1v) is 8.92. The van der Waals surface area contributed by atoms with E-state index in [1.54, 1.807) is 48.5 Å². The second kappa shape index (κ2) is 9.01. The van der Waals surface area contributed by atoms with Crippen LogP contribution in [0.4, 0.5) is 13.2 Å². The van der Waals surface area contributed by atoms with Crippen molar-refractivity contribution in [3.63, 3.8) is 0 Å². The minimum atomic E-state index is -0.523. The molecular weight excluding hydrogens is 399 g/mol. The van der Waals surface area contributed by atoms with Crippen LogP contribution in [0.25, 0.3) is 0 Å². The molecule has 150 valence electrons. The van der Waals surface area contributed by atoms with Gasteiger partial charge in [-0.15, -0.1) is 12.4 Å². The summed E-state index contributed by atoms with van der Waals surface area (Å²) in [6.07, 6.45) is 0. The number of rotatable bonds is 4. The van der Waals surface area contributed by atoms with Gasteiger partial charge in [-0.3, -0.25) is 0 Å². The second-order valence-corrected chi connectivity index (χ2v) is 6.58. The van der Waals surface area contributed by atoms with Crippen molar-refractivity contribution >= 4 is 18.4 Å². The third kappa shape index (κ3) is 4.54. The van der Waals surface area contributed by atoms with E-state index in [1.807, 2.05) is 0 Å². The van der Waals surface area contributed by atoms with Crippen LogP contribution in [0.2, 0.25) is 0 Å². The van der Waals surface area contributed by atoms with Crippen molar-refractivity contribution in [3.8, 4) is 0 Å². The summed E-state index contributed by atoms with van der Waals surface area (Å²) in [5, 5.41) is 6.33. The lowest BCUT2D eigenvalue weighted by Gasteiger charge is -2.20. The maximum absolute atomic E-state index is 14.4. The van der Waals surface area contributed by atoms with Crippen LogP contribution in [-0.4, -0.2) is 5.96 Å². The average molecular weight is 418 g/mol. The van der Waals surface area contributed by atoms with E-state index in [1.165, 1.54) is 24.3 Å². The fourth-order valence-corrected chi connectivity index (χ4v) is 3.32. The van der Waals surface area contributed by atoms with Gasteiger partial charge in [-0.1, -0.05) is 48.5 Å². The van der Waals surface area contributed by atoms with Gasteiger partial charge in [0.25, 0.3) is 0 Å². The highest BCUT2D eigenvalue weighted by atomic mass is 35.5. The van der Waals surface area contributed by atoms with Crippen molar-refractivity contribution < 1.29 is 13.2 Å². The molecule has 7 heteroatoms. The van der Waals surface area contributed by atoms with Gasteiger partial charge in [-0.05, 0) is 29.8 Å². The largest absolute Gasteiger partial charge is 0.347 e. The van der Waals surface area contributed by atoms with Gasteiger partial charge >= 0.3 is 0 Å². The molecule has 0 amide bonds. The Morgan fingerprint density at radius 2 is 1.17 bits per heavy atom. The molecular formula is C22H19ClF3N3. The number of benzene rings is 3. The summed E-state index contributed by atoms with van der Waals surface area (Å²) in [6.45, 7) is 0.309. The SMILES string of the molecule is Cl.Fc1ccc(CN=C2N[C@H](c3ccccc3F)[C@H](c3ccccc3F)N2)cc1. The summed E-state index contributed by atoms with van der Waals surface area (Å²) in [5.41, 5.74) is 1.68. The minimum Gasteiger partial charge on any atom is -0.347 e. The van der Waals surface area contributed by atoms with Crippen molar-refractivity contribution in [1.82, 2.24) is 10.6 Å². The van der Waals surface area contributed by atoms with Gasteiger partial charge in [0.1, 0.15) is 17.5 Å². The van der Waals surface area contributed by atoms with Gasteiger partial charge in [-0.25, -0.2) is 18.2 Å². The standard InChI is InChI=1S/C22H18F3N3.ClH/c23-15-11-9-14(10-12-15)13-26-22-27-20(16-5-1-3-7-18(16)24)21(28-22)17-6-2-4-8-19(17)25;/h1-12,20-21H,13H2,(H2,26,27,28);1H/t20-,21+;. The van der Waals surface area contributed by atoms with Crippen molar-refractivity contribution in [2.75, 3.05) is 0 Å². The Morgan fingerprint density at radius 3 is 1.66 bits per heavy atom. The Morgan fingerprint density at radius 1 is 0.690 bits per heavy atom. The van der Waals surface area contributed by atoms with Gasteiger partial charge in [0.05, 0.1) is 18.6 Å². The van der Waals surface area contributed by atoms with Crippen molar-refractivity contribution in [3.05, 3.63) is 107 Å². The second-order valence-electron chi connectivity index (χ2n) is 6.58. The smallest absolute Gasteiger partial charge is 0.192 e. The van der Waals surface area contributed by atoms with Crippen molar-refractivity contribution in [2.45, 2.75) is 18.6 Å². The number of halogens is 4. The number of nitrogens with one attached hydrogen (secondary N) is 2. The van der Waals surface area contributed by atoms with Crippen LogP contribution < -0.4 is 10.6 Å². The van der Waals surface area contributed by atoms with Crippen LogP contribution in [0.15, 0.2) is 77.8 Å². The van der Waals surface area contributed by atoms with Gasteiger partial charge in [0, 0.05) is 11.1 Å². The van der Waals surface area contributed by atoms with Gasteiger partial charge in [0.15, 0.2) is 5.96 Å². The molecule has 1 fully saturated rings. The molecule has 0 bridgehead atoms. The zero-order valence-electron chi connectivity index (χ0n) is 15.3. The molecule has 0 aliphatic carbocycles. The third-order valence-corrected chi connectivity index (χ3v) is 4.73. The summed E-state index contributed by atoms with van der Waals surface area (Å²) in [5.74, 6) is -0.621. The topological polar surface area (TPSA) is 36.4 Å². The van der Waals surface area contributed by atoms with Crippen LogP contribution in [0.1, 0.15) is 28.8 Å². The van der Waals surface area contributed by atoms with Crippen LogP contribution in [0.3, 0.4) is 0 Å². The van der Waals surface area contributed by atoms with E-state index in [-0.39, 0.29) is 29.9 Å². The highest BCUT2D eigenvalue weighted by molar-refractivity contribution is 5.85. The molecule has 2 atom stereocenters. The Kier molecular flexibility index (Phi) is 6.44. The Hall–Kier alpha value is -2.99. The number of aliphatic imine (C=N–C) groups is 1.